The summed E-state index contributed by atoms with van der Waals surface area (Å²) in [7, 11) is 0. The molecule has 3 heteroatoms. The van der Waals surface area contributed by atoms with Gasteiger partial charge in [-0.1, -0.05) is 33.1 Å². The molecule has 0 fully saturated rings. The van der Waals surface area contributed by atoms with Crippen molar-refractivity contribution < 1.29 is 9.53 Å². The summed E-state index contributed by atoms with van der Waals surface area (Å²) in [5, 5.41) is 0. The summed E-state index contributed by atoms with van der Waals surface area (Å²) in [4.78, 5) is 11.1. The Kier molecular flexibility index (Phi) is 7.78. The highest BCUT2D eigenvalue weighted by atomic mass is 16.5. The minimum absolute atomic E-state index is 0.335. The van der Waals surface area contributed by atoms with Crippen LogP contribution in [-0.2, 0) is 9.53 Å². The largest absolute Gasteiger partial charge is 0.463 e. The molecule has 0 aromatic heterocycles. The third kappa shape index (κ3) is 8.03. The molecule has 0 aliphatic rings. The van der Waals surface area contributed by atoms with Gasteiger partial charge in [0.1, 0.15) is 0 Å². The standard InChI is InChI=1S/C12H23NO2/c1-4-6-7-10(3)8-11(13)9-12(14)15-5-2/h9-10H,4-8,13H2,1-3H3/b11-9+/t10-/m1/s1. The van der Waals surface area contributed by atoms with E-state index < -0.39 is 0 Å². The van der Waals surface area contributed by atoms with Crippen molar-refractivity contribution in [3.63, 3.8) is 0 Å². The van der Waals surface area contributed by atoms with Crippen molar-refractivity contribution in [1.29, 1.82) is 0 Å². The Labute approximate surface area is 92.7 Å². The van der Waals surface area contributed by atoms with Crippen LogP contribution in [0.3, 0.4) is 0 Å². The average Bonchev–Trinajstić information content (AvgIpc) is 2.14. The highest BCUT2D eigenvalue weighted by Gasteiger charge is 2.05. The molecule has 3 nitrogen and oxygen atoms in total. The fourth-order valence-corrected chi connectivity index (χ4v) is 1.45. The molecule has 0 saturated heterocycles. The summed E-state index contributed by atoms with van der Waals surface area (Å²) in [6.45, 7) is 6.51. The maximum absolute atomic E-state index is 11.1. The Morgan fingerprint density at radius 1 is 1.47 bits per heavy atom. The first-order valence-electron chi connectivity index (χ1n) is 5.72. The van der Waals surface area contributed by atoms with Gasteiger partial charge in [0.25, 0.3) is 0 Å². The lowest BCUT2D eigenvalue weighted by molar-refractivity contribution is -0.137. The molecule has 0 bridgehead atoms. The average molecular weight is 213 g/mol. The summed E-state index contributed by atoms with van der Waals surface area (Å²) in [5.41, 5.74) is 6.36. The van der Waals surface area contributed by atoms with Gasteiger partial charge in [-0.2, -0.15) is 0 Å². The molecule has 0 spiro atoms. The number of carbonyl (C=O) groups is 1. The van der Waals surface area contributed by atoms with E-state index in [4.69, 9.17) is 10.5 Å². The van der Waals surface area contributed by atoms with Crippen molar-refractivity contribution in [3.8, 4) is 0 Å². The maximum Gasteiger partial charge on any atom is 0.332 e. The van der Waals surface area contributed by atoms with E-state index in [1.165, 1.54) is 18.9 Å². The molecule has 0 heterocycles. The molecular weight excluding hydrogens is 190 g/mol. The molecule has 15 heavy (non-hydrogen) atoms. The molecule has 0 radical (unpaired) electrons. The Morgan fingerprint density at radius 2 is 2.13 bits per heavy atom. The van der Waals surface area contributed by atoms with Crippen LogP contribution in [0.4, 0.5) is 0 Å². The zero-order valence-electron chi connectivity index (χ0n) is 10.1. The normalized spacial score (nSPS) is 13.7. The third-order valence-corrected chi connectivity index (χ3v) is 2.22. The zero-order valence-corrected chi connectivity index (χ0v) is 10.1. The first-order chi connectivity index (χ1) is 7.10. The topological polar surface area (TPSA) is 52.3 Å². The highest BCUT2D eigenvalue weighted by molar-refractivity contribution is 5.82. The lowest BCUT2D eigenvalue weighted by Crippen LogP contribution is -2.09. The first kappa shape index (κ1) is 14.0. The lowest BCUT2D eigenvalue weighted by atomic mass is 9.99. The van der Waals surface area contributed by atoms with Crippen LogP contribution in [-0.4, -0.2) is 12.6 Å². The molecular formula is C12H23NO2. The van der Waals surface area contributed by atoms with Crippen molar-refractivity contribution in [2.45, 2.75) is 46.5 Å². The van der Waals surface area contributed by atoms with E-state index in [1.807, 2.05) is 0 Å². The zero-order chi connectivity index (χ0) is 11.7. The van der Waals surface area contributed by atoms with Crippen LogP contribution >= 0.6 is 0 Å². The SMILES string of the molecule is CCCC[C@@H](C)C/C(N)=C\C(=O)OCC. The minimum Gasteiger partial charge on any atom is -0.463 e. The van der Waals surface area contributed by atoms with E-state index in [1.54, 1.807) is 6.92 Å². The number of esters is 1. The van der Waals surface area contributed by atoms with E-state index in [-0.39, 0.29) is 5.97 Å². The Hall–Kier alpha value is -0.990. The molecule has 1 atom stereocenters. The number of rotatable bonds is 7. The van der Waals surface area contributed by atoms with Gasteiger partial charge in [0.05, 0.1) is 6.61 Å². The number of hydrogen-bond donors (Lipinski definition) is 1. The Bertz CT molecular complexity index is 212. The van der Waals surface area contributed by atoms with Gasteiger partial charge in [0.15, 0.2) is 0 Å². The van der Waals surface area contributed by atoms with Crippen molar-refractivity contribution in [2.75, 3.05) is 6.61 Å². The molecule has 0 aromatic carbocycles. The van der Waals surface area contributed by atoms with E-state index in [0.29, 0.717) is 18.2 Å². The summed E-state index contributed by atoms with van der Waals surface area (Å²) in [6, 6.07) is 0. The Balaban J connectivity index is 3.89. The van der Waals surface area contributed by atoms with Crippen LogP contribution < -0.4 is 5.73 Å². The number of hydrogen-bond acceptors (Lipinski definition) is 3. The van der Waals surface area contributed by atoms with Crippen LogP contribution in [0.25, 0.3) is 0 Å². The van der Waals surface area contributed by atoms with Crippen molar-refractivity contribution in [3.05, 3.63) is 11.8 Å². The molecule has 0 aliphatic heterocycles. The monoisotopic (exact) mass is 213 g/mol. The minimum atomic E-state index is -0.335. The van der Waals surface area contributed by atoms with E-state index in [0.717, 1.165) is 12.8 Å². The smallest absolute Gasteiger partial charge is 0.332 e. The number of carbonyl (C=O) groups excluding carboxylic acids is 1. The lowest BCUT2D eigenvalue weighted by Gasteiger charge is -2.10. The van der Waals surface area contributed by atoms with Crippen LogP contribution in [0.15, 0.2) is 11.8 Å². The van der Waals surface area contributed by atoms with Gasteiger partial charge < -0.3 is 10.5 Å². The number of unbranched alkanes of at least 4 members (excludes halogenated alkanes) is 1. The molecule has 0 saturated carbocycles. The predicted octanol–water partition coefficient (Wildman–Crippen LogP) is 2.61. The van der Waals surface area contributed by atoms with Crippen LogP contribution in [0.2, 0.25) is 0 Å². The fourth-order valence-electron chi connectivity index (χ4n) is 1.45. The summed E-state index contributed by atoms with van der Waals surface area (Å²) >= 11 is 0. The second-order valence-electron chi connectivity index (χ2n) is 3.92. The predicted molar refractivity (Wildman–Crippen MR) is 62.2 cm³/mol. The van der Waals surface area contributed by atoms with Gasteiger partial charge in [0, 0.05) is 11.8 Å². The van der Waals surface area contributed by atoms with Crippen LogP contribution in [0, 0.1) is 5.92 Å². The molecule has 2 N–H and O–H groups in total. The molecule has 0 unspecified atom stereocenters. The van der Waals surface area contributed by atoms with Gasteiger partial charge in [-0.15, -0.1) is 0 Å². The fraction of sp³-hybridized carbons (Fsp3) is 0.750. The van der Waals surface area contributed by atoms with Gasteiger partial charge >= 0.3 is 5.97 Å². The van der Waals surface area contributed by atoms with Crippen molar-refractivity contribution >= 4 is 5.97 Å². The molecule has 88 valence electrons. The van der Waals surface area contributed by atoms with Gasteiger partial charge in [-0.05, 0) is 19.3 Å². The van der Waals surface area contributed by atoms with Crippen molar-refractivity contribution in [1.82, 2.24) is 0 Å². The summed E-state index contributed by atoms with van der Waals surface area (Å²) in [5.74, 6) is 0.202. The van der Waals surface area contributed by atoms with E-state index >= 15 is 0 Å². The molecule has 0 aromatic rings. The second kappa shape index (κ2) is 8.33. The quantitative estimate of drug-likeness (QED) is 0.522. The van der Waals surface area contributed by atoms with E-state index in [9.17, 15) is 4.79 Å². The molecule has 0 aliphatic carbocycles. The van der Waals surface area contributed by atoms with Gasteiger partial charge in [0.2, 0.25) is 0 Å². The molecule has 0 rings (SSSR count). The Morgan fingerprint density at radius 3 is 2.67 bits per heavy atom. The molecule has 0 amide bonds. The van der Waals surface area contributed by atoms with Gasteiger partial charge in [-0.3, -0.25) is 0 Å². The van der Waals surface area contributed by atoms with Crippen LogP contribution in [0.5, 0.6) is 0 Å². The highest BCUT2D eigenvalue weighted by Crippen LogP contribution is 2.14. The third-order valence-electron chi connectivity index (χ3n) is 2.22. The summed E-state index contributed by atoms with van der Waals surface area (Å²) in [6.07, 6.45) is 5.75. The van der Waals surface area contributed by atoms with Crippen LogP contribution in [0.1, 0.15) is 46.5 Å². The first-order valence-corrected chi connectivity index (χ1v) is 5.72. The maximum atomic E-state index is 11.1. The number of allylic oxidation sites excluding steroid dienone is 1. The number of ether oxygens (including phenoxy) is 1. The second-order valence-corrected chi connectivity index (χ2v) is 3.92. The van der Waals surface area contributed by atoms with Crippen molar-refractivity contribution in [2.24, 2.45) is 11.7 Å². The number of nitrogens with two attached hydrogens (primary N) is 1. The van der Waals surface area contributed by atoms with Gasteiger partial charge in [-0.25, -0.2) is 4.79 Å². The van der Waals surface area contributed by atoms with E-state index in [2.05, 4.69) is 13.8 Å². The summed E-state index contributed by atoms with van der Waals surface area (Å²) < 4.78 is 4.78.